The van der Waals surface area contributed by atoms with E-state index in [0.717, 1.165) is 29.9 Å². The molecule has 0 aromatic carbocycles. The Morgan fingerprint density at radius 3 is 2.48 bits per heavy atom. The minimum Gasteiger partial charge on any atom is -0.472 e. The van der Waals surface area contributed by atoms with Crippen LogP contribution in [0.5, 0.6) is 0 Å². The molecule has 7 heteroatoms. The van der Waals surface area contributed by atoms with Crippen molar-refractivity contribution in [2.45, 2.75) is 33.7 Å². The second kappa shape index (κ2) is 8.82. The molecular formula is C22H26N4O3. The Hall–Kier alpha value is -3.27. The Morgan fingerprint density at radius 1 is 1.21 bits per heavy atom. The van der Waals surface area contributed by atoms with Gasteiger partial charge in [0, 0.05) is 44.1 Å². The van der Waals surface area contributed by atoms with Crippen LogP contribution < -0.4 is 0 Å². The highest BCUT2D eigenvalue weighted by molar-refractivity contribution is 6.02. The van der Waals surface area contributed by atoms with Crippen molar-refractivity contribution in [2.24, 2.45) is 0 Å². The lowest BCUT2D eigenvalue weighted by molar-refractivity contribution is -0.128. The van der Waals surface area contributed by atoms with Gasteiger partial charge in [0.2, 0.25) is 0 Å². The fraction of sp³-hybridized carbons (Fsp3) is 0.409. The predicted octanol–water partition coefficient (Wildman–Crippen LogP) is 3.00. The normalized spacial score (nSPS) is 14.8. The molecule has 0 atom stereocenters. The molecule has 0 N–H and O–H groups in total. The van der Waals surface area contributed by atoms with Crippen molar-refractivity contribution in [1.29, 1.82) is 5.26 Å². The summed E-state index contributed by atoms with van der Waals surface area (Å²) in [6.45, 7) is 8.73. The number of furan rings is 1. The summed E-state index contributed by atoms with van der Waals surface area (Å²) in [6.07, 6.45) is 5.59. The van der Waals surface area contributed by atoms with Gasteiger partial charge in [0.1, 0.15) is 17.9 Å². The van der Waals surface area contributed by atoms with Crippen LogP contribution in [0, 0.1) is 25.2 Å². The van der Waals surface area contributed by atoms with Crippen LogP contribution in [0.2, 0.25) is 0 Å². The molecule has 3 heterocycles. The summed E-state index contributed by atoms with van der Waals surface area (Å²) in [6, 6.07) is 5.70. The van der Waals surface area contributed by atoms with Gasteiger partial charge in [-0.15, -0.1) is 0 Å². The molecule has 2 aromatic rings. The number of aryl methyl sites for hydroxylation is 1. The zero-order valence-electron chi connectivity index (χ0n) is 17.1. The summed E-state index contributed by atoms with van der Waals surface area (Å²) in [7, 11) is 0. The summed E-state index contributed by atoms with van der Waals surface area (Å²) < 4.78 is 7.17. The smallest absolute Gasteiger partial charge is 0.264 e. The first-order valence-electron chi connectivity index (χ1n) is 9.85. The molecule has 1 aliphatic heterocycles. The average molecular weight is 394 g/mol. The van der Waals surface area contributed by atoms with Gasteiger partial charge in [0.25, 0.3) is 11.8 Å². The minimum atomic E-state index is -0.289. The van der Waals surface area contributed by atoms with E-state index in [1.165, 1.54) is 12.5 Å². The van der Waals surface area contributed by atoms with Crippen molar-refractivity contribution < 1.29 is 14.0 Å². The minimum absolute atomic E-state index is 0.106. The zero-order valence-corrected chi connectivity index (χ0v) is 17.1. The lowest BCUT2D eigenvalue weighted by Gasteiger charge is -2.34. The fourth-order valence-corrected chi connectivity index (χ4v) is 3.69. The largest absolute Gasteiger partial charge is 0.472 e. The zero-order chi connectivity index (χ0) is 21.0. The van der Waals surface area contributed by atoms with Gasteiger partial charge in [-0.25, -0.2) is 0 Å². The maximum atomic E-state index is 12.9. The highest BCUT2D eigenvalue weighted by Crippen LogP contribution is 2.20. The second-order valence-electron chi connectivity index (χ2n) is 7.24. The average Bonchev–Trinajstić information content (AvgIpc) is 3.36. The van der Waals surface area contributed by atoms with Crippen molar-refractivity contribution in [3.05, 3.63) is 52.7 Å². The summed E-state index contributed by atoms with van der Waals surface area (Å²) in [5.74, 6) is -0.395. The van der Waals surface area contributed by atoms with Gasteiger partial charge in [-0.1, -0.05) is 6.92 Å². The van der Waals surface area contributed by atoms with Crippen LogP contribution in [0.4, 0.5) is 0 Å². The first kappa shape index (κ1) is 20.5. The predicted molar refractivity (Wildman–Crippen MR) is 109 cm³/mol. The Bertz CT molecular complexity index is 955. The van der Waals surface area contributed by atoms with Crippen molar-refractivity contribution >= 4 is 17.9 Å². The van der Waals surface area contributed by atoms with Crippen molar-refractivity contribution in [2.75, 3.05) is 26.2 Å². The van der Waals surface area contributed by atoms with Gasteiger partial charge >= 0.3 is 0 Å². The molecule has 0 radical (unpaired) electrons. The van der Waals surface area contributed by atoms with E-state index in [1.54, 1.807) is 21.9 Å². The van der Waals surface area contributed by atoms with Crippen LogP contribution in [0.1, 0.15) is 40.7 Å². The molecule has 7 nitrogen and oxygen atoms in total. The van der Waals surface area contributed by atoms with Crippen molar-refractivity contribution in [3.63, 3.8) is 0 Å². The molecule has 0 bridgehead atoms. The highest BCUT2D eigenvalue weighted by Gasteiger charge is 2.27. The molecule has 0 aliphatic carbocycles. The Balaban J connectivity index is 1.70. The molecule has 3 rings (SSSR count). The highest BCUT2D eigenvalue weighted by atomic mass is 16.3. The number of nitrogens with zero attached hydrogens (tertiary/aromatic N) is 4. The standard InChI is InChI=1S/C22H26N4O3/c1-4-6-26-16(2)12-19(17(26)3)13-20(14-23)22(28)25-9-7-24(8-10-25)21(27)18-5-11-29-15-18/h5,11-13,15H,4,6-10H2,1-3H3/b20-13+. The van der Waals surface area contributed by atoms with E-state index in [1.807, 2.05) is 19.9 Å². The van der Waals surface area contributed by atoms with E-state index in [0.29, 0.717) is 31.7 Å². The first-order chi connectivity index (χ1) is 14.0. The maximum Gasteiger partial charge on any atom is 0.264 e. The molecule has 152 valence electrons. The summed E-state index contributed by atoms with van der Waals surface area (Å²) in [5, 5.41) is 9.58. The molecule has 1 saturated heterocycles. The molecule has 1 aliphatic rings. The topological polar surface area (TPSA) is 82.5 Å². The SMILES string of the molecule is CCCn1c(C)cc(/C=C(\C#N)C(=O)N2CCN(C(=O)c3ccoc3)CC2)c1C. The first-order valence-corrected chi connectivity index (χ1v) is 9.85. The number of hydrogen-bond donors (Lipinski definition) is 0. The molecule has 2 aromatic heterocycles. The summed E-state index contributed by atoms with van der Waals surface area (Å²) in [5.41, 5.74) is 3.70. The number of carbonyl (C=O) groups is 2. The number of nitriles is 1. The molecule has 0 saturated carbocycles. The van der Waals surface area contributed by atoms with E-state index in [-0.39, 0.29) is 17.4 Å². The molecule has 2 amide bonds. The number of carbonyl (C=O) groups excluding carboxylic acids is 2. The monoisotopic (exact) mass is 394 g/mol. The number of rotatable bonds is 5. The summed E-state index contributed by atoms with van der Waals surface area (Å²) in [4.78, 5) is 28.6. The van der Waals surface area contributed by atoms with Gasteiger partial charge in [-0.05, 0) is 44.0 Å². The number of piperazine rings is 1. The van der Waals surface area contributed by atoms with Crippen LogP contribution in [0.3, 0.4) is 0 Å². The number of hydrogen-bond acceptors (Lipinski definition) is 4. The Morgan fingerprint density at radius 2 is 1.90 bits per heavy atom. The maximum absolute atomic E-state index is 12.9. The fourth-order valence-electron chi connectivity index (χ4n) is 3.69. The van der Waals surface area contributed by atoms with Gasteiger partial charge in [-0.2, -0.15) is 5.26 Å². The molecular weight excluding hydrogens is 368 g/mol. The molecule has 0 unspecified atom stereocenters. The third-order valence-corrected chi connectivity index (χ3v) is 5.33. The Labute approximate surface area is 170 Å². The van der Waals surface area contributed by atoms with Crippen LogP contribution >= 0.6 is 0 Å². The van der Waals surface area contributed by atoms with Gasteiger partial charge < -0.3 is 18.8 Å². The lowest BCUT2D eigenvalue weighted by Crippen LogP contribution is -2.50. The second-order valence-corrected chi connectivity index (χ2v) is 7.24. The van der Waals surface area contributed by atoms with E-state index < -0.39 is 0 Å². The van der Waals surface area contributed by atoms with E-state index in [2.05, 4.69) is 17.6 Å². The number of amides is 2. The van der Waals surface area contributed by atoms with Crippen LogP contribution in [-0.2, 0) is 11.3 Å². The van der Waals surface area contributed by atoms with E-state index in [9.17, 15) is 14.9 Å². The van der Waals surface area contributed by atoms with Crippen LogP contribution in [0.15, 0.2) is 34.6 Å². The number of aromatic nitrogens is 1. The summed E-state index contributed by atoms with van der Waals surface area (Å²) >= 11 is 0. The lowest BCUT2D eigenvalue weighted by atomic mass is 10.1. The Kier molecular flexibility index (Phi) is 6.23. The third kappa shape index (κ3) is 4.27. The van der Waals surface area contributed by atoms with Gasteiger partial charge in [-0.3, -0.25) is 9.59 Å². The molecule has 29 heavy (non-hydrogen) atoms. The quantitative estimate of drug-likeness (QED) is 0.577. The van der Waals surface area contributed by atoms with Gasteiger partial charge in [0.05, 0.1) is 11.8 Å². The molecule has 0 spiro atoms. The van der Waals surface area contributed by atoms with Crippen molar-refractivity contribution in [1.82, 2.24) is 14.4 Å². The van der Waals surface area contributed by atoms with E-state index in [4.69, 9.17) is 4.42 Å². The molecule has 1 fully saturated rings. The van der Waals surface area contributed by atoms with Gasteiger partial charge in [0.15, 0.2) is 0 Å². The van der Waals surface area contributed by atoms with Crippen LogP contribution in [-0.4, -0.2) is 52.4 Å². The van der Waals surface area contributed by atoms with Crippen molar-refractivity contribution in [3.8, 4) is 6.07 Å². The van der Waals surface area contributed by atoms with Crippen LogP contribution in [0.25, 0.3) is 6.08 Å². The van der Waals surface area contributed by atoms with E-state index >= 15 is 0 Å². The third-order valence-electron chi connectivity index (χ3n) is 5.33.